The highest BCUT2D eigenvalue weighted by atomic mass is 16.3. The van der Waals surface area contributed by atoms with Crippen molar-refractivity contribution in [3.63, 3.8) is 0 Å². The fourth-order valence-corrected chi connectivity index (χ4v) is 5.74. The van der Waals surface area contributed by atoms with Crippen molar-refractivity contribution in [1.29, 1.82) is 0 Å². The van der Waals surface area contributed by atoms with E-state index in [1.807, 2.05) is 24.3 Å². The zero-order chi connectivity index (χ0) is 24.2. The molecule has 5 atom stereocenters. The summed E-state index contributed by atoms with van der Waals surface area (Å²) in [6.07, 6.45) is 6.21. The zero-order valence-electron chi connectivity index (χ0n) is 20.3. The number of fused-ring (bicyclic) bond motifs is 1. The number of hydrogen-bond acceptors (Lipinski definition) is 5. The topological polar surface area (TPSA) is 111 Å². The summed E-state index contributed by atoms with van der Waals surface area (Å²) in [5.41, 5.74) is 1.98. The standard InChI is InChI=1S/C26H38N4O4/c1-16(27-2)24(32)28-22(17-9-4-3-5-10-17)26(34)30-14-8-13-20(30)25(33)29-23-19-12-7-6-11-18(19)15-21(23)31/h6-7,11-12,16-17,20-23,27,31H,3-5,8-10,13-15H2,1-2H3,(H,28,32)(H,29,33)/t16-,20-,21+,22?,23-/m0/s1. The number of rotatable bonds is 7. The summed E-state index contributed by atoms with van der Waals surface area (Å²) in [5.74, 6) is -0.503. The summed E-state index contributed by atoms with van der Waals surface area (Å²) in [6, 6.07) is 5.68. The normalized spacial score (nSPS) is 26.6. The van der Waals surface area contributed by atoms with Gasteiger partial charge >= 0.3 is 0 Å². The molecule has 1 aliphatic heterocycles. The molecule has 8 nitrogen and oxygen atoms in total. The lowest BCUT2D eigenvalue weighted by atomic mass is 9.83. The zero-order valence-corrected chi connectivity index (χ0v) is 20.3. The summed E-state index contributed by atoms with van der Waals surface area (Å²) in [6.45, 7) is 2.27. The smallest absolute Gasteiger partial charge is 0.246 e. The van der Waals surface area contributed by atoms with E-state index in [9.17, 15) is 19.5 Å². The second-order valence-corrected chi connectivity index (χ2v) is 10.0. The van der Waals surface area contributed by atoms with E-state index >= 15 is 0 Å². The number of aliphatic hydroxyl groups excluding tert-OH is 1. The number of carbonyl (C=O) groups excluding carboxylic acids is 3. The molecule has 0 radical (unpaired) electrons. The van der Waals surface area contributed by atoms with Gasteiger partial charge in [-0.3, -0.25) is 14.4 Å². The van der Waals surface area contributed by atoms with Gasteiger partial charge in [-0.2, -0.15) is 0 Å². The Bertz CT molecular complexity index is 901. The Balaban J connectivity index is 1.49. The van der Waals surface area contributed by atoms with Crippen LogP contribution in [0.15, 0.2) is 24.3 Å². The molecule has 4 rings (SSSR count). The number of nitrogens with zero attached hydrogens (tertiary/aromatic N) is 1. The SMILES string of the molecule is CN[C@@H](C)C(=O)NC(C(=O)N1CCC[C@H]1C(=O)N[C@H]1c2ccccc2C[C@H]1O)C1CCCCC1. The average Bonchev–Trinajstić information content (AvgIpc) is 3.47. The van der Waals surface area contributed by atoms with Crippen molar-refractivity contribution >= 4 is 17.7 Å². The van der Waals surface area contributed by atoms with Crippen LogP contribution in [0, 0.1) is 5.92 Å². The Hall–Kier alpha value is -2.45. The summed E-state index contributed by atoms with van der Waals surface area (Å²) in [5, 5.41) is 19.5. The Kier molecular flexibility index (Phi) is 7.88. The summed E-state index contributed by atoms with van der Waals surface area (Å²) in [7, 11) is 1.72. The third-order valence-corrected chi connectivity index (χ3v) is 7.85. The van der Waals surface area contributed by atoms with E-state index in [2.05, 4.69) is 16.0 Å². The number of amides is 3. The second-order valence-electron chi connectivity index (χ2n) is 10.0. The van der Waals surface area contributed by atoms with Crippen LogP contribution < -0.4 is 16.0 Å². The molecule has 0 aromatic heterocycles. The van der Waals surface area contributed by atoms with Gasteiger partial charge < -0.3 is 26.0 Å². The predicted molar refractivity (Wildman–Crippen MR) is 129 cm³/mol. The van der Waals surface area contributed by atoms with Crippen molar-refractivity contribution in [1.82, 2.24) is 20.9 Å². The lowest BCUT2D eigenvalue weighted by molar-refractivity contribution is -0.143. The highest BCUT2D eigenvalue weighted by Crippen LogP contribution is 2.33. The molecular formula is C26H38N4O4. The quantitative estimate of drug-likeness (QED) is 0.482. The van der Waals surface area contributed by atoms with Gasteiger partial charge in [-0.25, -0.2) is 0 Å². The van der Waals surface area contributed by atoms with Crippen LogP contribution in [0.2, 0.25) is 0 Å². The molecular weight excluding hydrogens is 432 g/mol. The fourth-order valence-electron chi connectivity index (χ4n) is 5.74. The molecule has 186 valence electrons. The van der Waals surface area contributed by atoms with Gasteiger partial charge in [0.2, 0.25) is 17.7 Å². The molecule has 2 fully saturated rings. The van der Waals surface area contributed by atoms with Crippen LogP contribution in [0.5, 0.6) is 0 Å². The van der Waals surface area contributed by atoms with Crippen LogP contribution in [-0.4, -0.2) is 65.5 Å². The van der Waals surface area contributed by atoms with E-state index < -0.39 is 30.3 Å². The van der Waals surface area contributed by atoms with Crippen LogP contribution in [-0.2, 0) is 20.8 Å². The van der Waals surface area contributed by atoms with E-state index in [1.165, 1.54) is 0 Å². The second kappa shape index (κ2) is 10.9. The molecule has 1 aromatic rings. The van der Waals surface area contributed by atoms with Crippen molar-refractivity contribution in [3.05, 3.63) is 35.4 Å². The van der Waals surface area contributed by atoms with Crippen LogP contribution in [0.25, 0.3) is 0 Å². The predicted octanol–water partition coefficient (Wildman–Crippen LogP) is 1.42. The molecule has 1 aromatic carbocycles. The van der Waals surface area contributed by atoms with Crippen molar-refractivity contribution in [2.24, 2.45) is 5.92 Å². The molecule has 1 unspecified atom stereocenters. The Morgan fingerprint density at radius 3 is 2.53 bits per heavy atom. The number of likely N-dealkylation sites (N-methyl/N-ethyl adjacent to an activating group) is 1. The first kappa shape index (κ1) is 24.7. The molecule has 0 spiro atoms. The van der Waals surface area contributed by atoms with Gasteiger partial charge in [0.15, 0.2) is 0 Å². The van der Waals surface area contributed by atoms with Crippen molar-refractivity contribution in [3.8, 4) is 0 Å². The molecule has 3 aliphatic rings. The van der Waals surface area contributed by atoms with E-state index in [0.29, 0.717) is 19.4 Å². The lowest BCUT2D eigenvalue weighted by Gasteiger charge is -2.35. The minimum absolute atomic E-state index is 0.0853. The molecule has 3 amide bonds. The van der Waals surface area contributed by atoms with Gasteiger partial charge in [-0.1, -0.05) is 43.5 Å². The van der Waals surface area contributed by atoms with Gasteiger partial charge in [-0.15, -0.1) is 0 Å². The van der Waals surface area contributed by atoms with Gasteiger partial charge in [0, 0.05) is 13.0 Å². The van der Waals surface area contributed by atoms with E-state index in [1.54, 1.807) is 18.9 Å². The number of nitrogens with one attached hydrogen (secondary N) is 3. The van der Waals surface area contributed by atoms with Crippen LogP contribution in [0.4, 0.5) is 0 Å². The highest BCUT2D eigenvalue weighted by molar-refractivity contribution is 5.93. The van der Waals surface area contributed by atoms with Gasteiger partial charge in [0.1, 0.15) is 12.1 Å². The van der Waals surface area contributed by atoms with Gasteiger partial charge in [-0.05, 0) is 56.7 Å². The van der Waals surface area contributed by atoms with Crippen LogP contribution in [0.1, 0.15) is 69.0 Å². The minimum Gasteiger partial charge on any atom is -0.390 e. The molecule has 8 heteroatoms. The average molecular weight is 471 g/mol. The summed E-state index contributed by atoms with van der Waals surface area (Å²) < 4.78 is 0. The van der Waals surface area contributed by atoms with Crippen molar-refractivity contribution < 1.29 is 19.5 Å². The van der Waals surface area contributed by atoms with Crippen LogP contribution >= 0.6 is 0 Å². The van der Waals surface area contributed by atoms with Crippen LogP contribution in [0.3, 0.4) is 0 Å². The maximum atomic E-state index is 13.8. The maximum Gasteiger partial charge on any atom is 0.246 e. The molecule has 1 saturated heterocycles. The minimum atomic E-state index is -0.677. The number of likely N-dealkylation sites (tertiary alicyclic amines) is 1. The number of benzene rings is 1. The van der Waals surface area contributed by atoms with Gasteiger partial charge in [0.25, 0.3) is 0 Å². The maximum absolute atomic E-state index is 13.8. The Morgan fingerprint density at radius 1 is 1.06 bits per heavy atom. The molecule has 2 aliphatic carbocycles. The number of aliphatic hydroxyl groups is 1. The molecule has 4 N–H and O–H groups in total. The number of carbonyl (C=O) groups is 3. The molecule has 34 heavy (non-hydrogen) atoms. The Labute approximate surface area is 201 Å². The van der Waals surface area contributed by atoms with Crippen molar-refractivity contribution in [2.75, 3.05) is 13.6 Å². The Morgan fingerprint density at radius 2 is 1.79 bits per heavy atom. The van der Waals surface area contributed by atoms with E-state index in [0.717, 1.165) is 49.7 Å². The lowest BCUT2D eigenvalue weighted by Crippen LogP contribution is -2.58. The number of hydrogen-bond donors (Lipinski definition) is 4. The first-order chi connectivity index (χ1) is 16.4. The monoisotopic (exact) mass is 470 g/mol. The largest absolute Gasteiger partial charge is 0.390 e. The van der Waals surface area contributed by atoms with Crippen molar-refractivity contribution in [2.45, 2.75) is 88.6 Å². The summed E-state index contributed by atoms with van der Waals surface area (Å²) >= 11 is 0. The van der Waals surface area contributed by atoms with E-state index in [4.69, 9.17) is 0 Å². The molecule has 0 bridgehead atoms. The fraction of sp³-hybridized carbons (Fsp3) is 0.654. The van der Waals surface area contributed by atoms with E-state index in [-0.39, 0.29) is 23.6 Å². The molecule has 1 heterocycles. The first-order valence-corrected chi connectivity index (χ1v) is 12.7. The van der Waals surface area contributed by atoms with Gasteiger partial charge in [0.05, 0.1) is 18.2 Å². The highest BCUT2D eigenvalue weighted by Gasteiger charge is 2.42. The summed E-state index contributed by atoms with van der Waals surface area (Å²) in [4.78, 5) is 41.5. The molecule has 1 saturated carbocycles. The third kappa shape index (κ3) is 5.13. The first-order valence-electron chi connectivity index (χ1n) is 12.7. The third-order valence-electron chi connectivity index (χ3n) is 7.85.